The van der Waals surface area contributed by atoms with Gasteiger partial charge in [-0.3, -0.25) is 4.40 Å². The van der Waals surface area contributed by atoms with Gasteiger partial charge < -0.3 is 4.74 Å². The number of nitrogens with zero attached hydrogens (tertiary/aromatic N) is 5. The van der Waals surface area contributed by atoms with Crippen molar-refractivity contribution in [3.05, 3.63) is 47.4 Å². The summed E-state index contributed by atoms with van der Waals surface area (Å²) in [6.45, 7) is 5.41. The first-order valence-corrected chi connectivity index (χ1v) is 8.60. The number of aromatic nitrogens is 5. The highest BCUT2D eigenvalue weighted by atomic mass is 19.1. The van der Waals surface area contributed by atoms with Gasteiger partial charge in [-0.15, -0.1) is 5.10 Å². The van der Waals surface area contributed by atoms with Gasteiger partial charge in [-0.1, -0.05) is 11.3 Å². The lowest BCUT2D eigenvalue weighted by Gasteiger charge is -2.18. The van der Waals surface area contributed by atoms with Crippen LogP contribution < -0.4 is 0 Å². The molecule has 0 aromatic carbocycles. The molecule has 1 fully saturated rings. The number of pyridine rings is 1. The van der Waals surface area contributed by atoms with E-state index in [2.05, 4.69) is 15.3 Å². The second-order valence-corrected chi connectivity index (χ2v) is 7.62. The minimum atomic E-state index is -0.617. The van der Waals surface area contributed by atoms with Crippen LogP contribution in [0.2, 0.25) is 0 Å². The zero-order valence-corrected chi connectivity index (χ0v) is 14.9. The number of hydrogen-bond acceptors (Lipinski definition) is 5. The van der Waals surface area contributed by atoms with Crippen LogP contribution in [0.3, 0.4) is 0 Å². The van der Waals surface area contributed by atoms with Crippen LogP contribution >= 0.6 is 0 Å². The number of hydrogen-bond donors (Lipinski definition) is 0. The lowest BCUT2D eigenvalue weighted by molar-refractivity contribution is 0.00627. The predicted octanol–water partition coefficient (Wildman–Crippen LogP) is 2.95. The van der Waals surface area contributed by atoms with E-state index in [4.69, 9.17) is 4.74 Å². The molecule has 0 radical (unpaired) electrons. The van der Waals surface area contributed by atoms with Crippen LogP contribution in [0.15, 0.2) is 24.5 Å². The molecule has 7 nitrogen and oxygen atoms in total. The Morgan fingerprint density at radius 3 is 2.77 bits per heavy atom. The minimum absolute atomic E-state index is 0.0834. The summed E-state index contributed by atoms with van der Waals surface area (Å²) in [7, 11) is 0. The number of fused-ring (bicyclic) bond motifs is 1. The van der Waals surface area contributed by atoms with Crippen LogP contribution in [0.25, 0.3) is 5.65 Å². The van der Waals surface area contributed by atoms with Crippen LogP contribution in [0.5, 0.6) is 0 Å². The number of ether oxygens (including phenoxy) is 1. The minimum Gasteiger partial charge on any atom is -0.455 e. The molecule has 0 unspecified atom stereocenters. The number of carbonyl (C=O) groups is 1. The zero-order valence-electron chi connectivity index (χ0n) is 14.9. The third kappa shape index (κ3) is 3.31. The fraction of sp³-hybridized carbons (Fsp3) is 0.444. The van der Waals surface area contributed by atoms with Gasteiger partial charge in [0.05, 0.1) is 12.7 Å². The van der Waals surface area contributed by atoms with Crippen molar-refractivity contribution < 1.29 is 13.9 Å². The maximum Gasteiger partial charge on any atom is 0.361 e. The topological polar surface area (TPSA) is 74.3 Å². The van der Waals surface area contributed by atoms with Crippen LogP contribution in [-0.2, 0) is 11.3 Å². The molecular formula is C18H20FN5O2. The van der Waals surface area contributed by atoms with Gasteiger partial charge in [0.15, 0.2) is 5.69 Å². The van der Waals surface area contributed by atoms with E-state index in [1.54, 1.807) is 20.8 Å². The van der Waals surface area contributed by atoms with Gasteiger partial charge in [0.25, 0.3) is 0 Å². The molecule has 1 saturated carbocycles. The maximum atomic E-state index is 14.7. The SMILES string of the molecule is CC(C)(C)OC(=O)c1cn(Cc2nc3ccc(C4CC4)cn3c2F)nn1. The molecule has 4 rings (SSSR count). The molecule has 3 aromatic rings. The molecule has 136 valence electrons. The molecule has 8 heteroatoms. The molecule has 26 heavy (non-hydrogen) atoms. The third-order valence-corrected chi connectivity index (χ3v) is 4.16. The van der Waals surface area contributed by atoms with E-state index >= 15 is 0 Å². The van der Waals surface area contributed by atoms with E-state index < -0.39 is 17.5 Å². The molecule has 0 aliphatic heterocycles. The second kappa shape index (κ2) is 5.89. The van der Waals surface area contributed by atoms with E-state index in [9.17, 15) is 9.18 Å². The van der Waals surface area contributed by atoms with Crippen LogP contribution in [0.1, 0.15) is 61.3 Å². The zero-order chi connectivity index (χ0) is 18.5. The van der Waals surface area contributed by atoms with Gasteiger partial charge in [-0.25, -0.2) is 14.5 Å². The van der Waals surface area contributed by atoms with Crippen molar-refractivity contribution in [2.45, 2.75) is 51.7 Å². The highest BCUT2D eigenvalue weighted by Gasteiger charge is 2.25. The van der Waals surface area contributed by atoms with Gasteiger partial charge in [-0.2, -0.15) is 4.39 Å². The first-order valence-electron chi connectivity index (χ1n) is 8.60. The van der Waals surface area contributed by atoms with E-state index in [1.165, 1.54) is 15.3 Å². The summed E-state index contributed by atoms with van der Waals surface area (Å²) in [5.74, 6) is -0.443. The highest BCUT2D eigenvalue weighted by molar-refractivity contribution is 5.87. The molecule has 0 atom stereocenters. The Hall–Kier alpha value is -2.77. The second-order valence-electron chi connectivity index (χ2n) is 7.62. The number of halogens is 1. The molecule has 3 aromatic heterocycles. The lowest BCUT2D eigenvalue weighted by Crippen LogP contribution is -2.24. The average molecular weight is 357 g/mol. The summed E-state index contributed by atoms with van der Waals surface area (Å²) in [5, 5.41) is 7.69. The first kappa shape index (κ1) is 16.7. The maximum absolute atomic E-state index is 14.7. The molecule has 1 aliphatic rings. The Morgan fingerprint density at radius 2 is 2.08 bits per heavy atom. The average Bonchev–Trinajstić information content (AvgIpc) is 3.23. The van der Waals surface area contributed by atoms with Crippen molar-refractivity contribution in [3.8, 4) is 0 Å². The van der Waals surface area contributed by atoms with Crippen molar-refractivity contribution >= 4 is 11.6 Å². The largest absolute Gasteiger partial charge is 0.455 e. The molecule has 3 heterocycles. The molecule has 1 aliphatic carbocycles. The molecule has 0 saturated heterocycles. The number of rotatable bonds is 4. The fourth-order valence-electron chi connectivity index (χ4n) is 2.79. The van der Waals surface area contributed by atoms with Gasteiger partial charge in [-0.05, 0) is 51.2 Å². The van der Waals surface area contributed by atoms with E-state index in [0.29, 0.717) is 11.6 Å². The smallest absolute Gasteiger partial charge is 0.361 e. The fourth-order valence-corrected chi connectivity index (χ4v) is 2.79. The van der Waals surface area contributed by atoms with Crippen molar-refractivity contribution in [2.75, 3.05) is 0 Å². The summed E-state index contributed by atoms with van der Waals surface area (Å²) in [5.41, 5.74) is 1.40. The summed E-state index contributed by atoms with van der Waals surface area (Å²) in [6.07, 6.45) is 5.56. The van der Waals surface area contributed by atoms with Crippen molar-refractivity contribution in [1.82, 2.24) is 24.4 Å². The van der Waals surface area contributed by atoms with E-state index in [-0.39, 0.29) is 17.9 Å². The molecule has 0 amide bonds. The monoisotopic (exact) mass is 357 g/mol. The van der Waals surface area contributed by atoms with Crippen molar-refractivity contribution in [1.29, 1.82) is 0 Å². The van der Waals surface area contributed by atoms with Crippen molar-refractivity contribution in [2.24, 2.45) is 0 Å². The quantitative estimate of drug-likeness (QED) is 0.671. The summed E-state index contributed by atoms with van der Waals surface area (Å²) >= 11 is 0. The third-order valence-electron chi connectivity index (χ3n) is 4.16. The Bertz CT molecular complexity index is 981. The molecule has 0 spiro atoms. The first-order chi connectivity index (χ1) is 12.3. The lowest BCUT2D eigenvalue weighted by atomic mass is 10.2. The van der Waals surface area contributed by atoms with Crippen LogP contribution in [0.4, 0.5) is 4.39 Å². The van der Waals surface area contributed by atoms with E-state index in [0.717, 1.165) is 18.4 Å². The Morgan fingerprint density at radius 1 is 1.31 bits per heavy atom. The Labute approximate surface area is 149 Å². The summed E-state index contributed by atoms with van der Waals surface area (Å²) in [6, 6.07) is 3.83. The number of esters is 1. The highest BCUT2D eigenvalue weighted by Crippen LogP contribution is 2.40. The molecule has 0 bridgehead atoms. The van der Waals surface area contributed by atoms with Gasteiger partial charge >= 0.3 is 5.97 Å². The number of carbonyl (C=O) groups excluding carboxylic acids is 1. The van der Waals surface area contributed by atoms with Crippen molar-refractivity contribution in [3.63, 3.8) is 0 Å². The van der Waals surface area contributed by atoms with Gasteiger partial charge in [0.2, 0.25) is 5.95 Å². The predicted molar refractivity (Wildman–Crippen MR) is 91.4 cm³/mol. The molecular weight excluding hydrogens is 337 g/mol. The normalized spacial score (nSPS) is 14.8. The van der Waals surface area contributed by atoms with Gasteiger partial charge in [0, 0.05) is 6.20 Å². The van der Waals surface area contributed by atoms with E-state index in [1.807, 2.05) is 18.3 Å². The number of imidazole rings is 1. The van der Waals surface area contributed by atoms with Crippen LogP contribution in [0, 0.1) is 5.95 Å². The Kier molecular flexibility index (Phi) is 3.78. The summed E-state index contributed by atoms with van der Waals surface area (Å²) < 4.78 is 22.8. The summed E-state index contributed by atoms with van der Waals surface area (Å²) in [4.78, 5) is 16.3. The van der Waals surface area contributed by atoms with Gasteiger partial charge in [0.1, 0.15) is 16.9 Å². The standard InChI is InChI=1S/C18H20FN5O2/c1-18(2,3)26-17(25)14-10-23(22-21-14)9-13-16(19)24-8-12(11-4-5-11)6-7-15(24)20-13/h6-8,10-11H,4-5,9H2,1-3H3. The Balaban J connectivity index is 1.56. The van der Waals surface area contributed by atoms with Crippen LogP contribution in [-0.4, -0.2) is 35.9 Å². The molecule has 0 N–H and O–H groups in total.